The first-order valence-corrected chi connectivity index (χ1v) is 5.82. The van der Waals surface area contributed by atoms with Crippen molar-refractivity contribution in [3.63, 3.8) is 0 Å². The second-order valence-corrected chi connectivity index (χ2v) is 4.58. The first kappa shape index (κ1) is 16.7. The van der Waals surface area contributed by atoms with E-state index in [1.807, 2.05) is 0 Å². The fourth-order valence-electron chi connectivity index (χ4n) is 1.72. The number of amidine groups is 1. The van der Waals surface area contributed by atoms with Crippen molar-refractivity contribution in [2.75, 3.05) is 5.32 Å². The molecule has 1 amide bonds. The minimum absolute atomic E-state index is 0.0177. The lowest BCUT2D eigenvalue weighted by molar-refractivity contribution is -0.119. The quantitative estimate of drug-likeness (QED) is 0.199. The number of hydrogen-bond donors (Lipinski definition) is 3. The van der Waals surface area contributed by atoms with Crippen LogP contribution in [0.3, 0.4) is 0 Å². The average Bonchev–Trinajstić information content (AvgIpc) is 2.40. The van der Waals surface area contributed by atoms with Crippen LogP contribution in [0.1, 0.15) is 13.8 Å². The van der Waals surface area contributed by atoms with Gasteiger partial charge in [0.05, 0.1) is 0 Å². The molecule has 0 radical (unpaired) electrons. The Morgan fingerprint density at radius 3 is 2.10 bits per heavy atom. The summed E-state index contributed by atoms with van der Waals surface area (Å²) in [5.74, 6) is -10.1. The molecule has 0 aliphatic heterocycles. The lowest BCUT2D eigenvalue weighted by Gasteiger charge is -2.19. The first-order chi connectivity index (χ1) is 9.70. The van der Waals surface area contributed by atoms with Gasteiger partial charge < -0.3 is 16.3 Å². The highest BCUT2D eigenvalue weighted by atomic mass is 19.2. The average molecular weight is 307 g/mol. The van der Waals surface area contributed by atoms with Gasteiger partial charge in [0.25, 0.3) is 0 Å². The van der Waals surface area contributed by atoms with E-state index in [1.54, 1.807) is 5.32 Å². The third-order valence-corrected chi connectivity index (χ3v) is 2.74. The minimum Gasteiger partial charge on any atom is -0.409 e. The number of rotatable bonds is 4. The summed E-state index contributed by atoms with van der Waals surface area (Å²) in [6, 6.07) is 0.0177. The summed E-state index contributed by atoms with van der Waals surface area (Å²) >= 11 is 0. The van der Waals surface area contributed by atoms with Crippen LogP contribution in [-0.2, 0) is 4.79 Å². The molecule has 4 N–H and O–H groups in total. The molecule has 0 heterocycles. The smallest absolute Gasteiger partial charge is 0.235 e. The Hall–Kier alpha value is -2.32. The Labute approximate surface area is 117 Å². The Morgan fingerprint density at radius 2 is 1.71 bits per heavy atom. The van der Waals surface area contributed by atoms with Gasteiger partial charge >= 0.3 is 0 Å². The molecule has 1 aromatic carbocycles. The van der Waals surface area contributed by atoms with E-state index in [2.05, 4.69) is 5.16 Å². The zero-order valence-electron chi connectivity index (χ0n) is 11.1. The number of carbonyl (C=O) groups is 1. The predicted molar refractivity (Wildman–Crippen MR) is 66.6 cm³/mol. The van der Waals surface area contributed by atoms with Gasteiger partial charge in [-0.2, -0.15) is 0 Å². The van der Waals surface area contributed by atoms with Crippen LogP contribution in [0.2, 0.25) is 0 Å². The molecule has 9 heteroatoms. The third-order valence-electron chi connectivity index (χ3n) is 2.74. The van der Waals surface area contributed by atoms with Crippen LogP contribution in [0.15, 0.2) is 11.2 Å². The summed E-state index contributed by atoms with van der Waals surface area (Å²) in [5, 5.41) is 12.9. The van der Waals surface area contributed by atoms with E-state index in [9.17, 15) is 22.4 Å². The van der Waals surface area contributed by atoms with Crippen molar-refractivity contribution in [3.05, 3.63) is 29.3 Å². The number of nitrogens with two attached hydrogens (primary N) is 1. The molecule has 0 aromatic heterocycles. The van der Waals surface area contributed by atoms with Crippen LogP contribution >= 0.6 is 0 Å². The molecule has 0 fully saturated rings. The van der Waals surface area contributed by atoms with Crippen molar-refractivity contribution in [2.24, 2.45) is 22.7 Å². The van der Waals surface area contributed by atoms with Gasteiger partial charge in [0, 0.05) is 6.07 Å². The van der Waals surface area contributed by atoms with Crippen LogP contribution in [0.25, 0.3) is 0 Å². The Kier molecular flexibility index (Phi) is 5.12. The molecule has 1 aromatic rings. The molecule has 116 valence electrons. The van der Waals surface area contributed by atoms with Gasteiger partial charge in [-0.1, -0.05) is 19.0 Å². The van der Waals surface area contributed by atoms with E-state index in [0.717, 1.165) is 0 Å². The van der Waals surface area contributed by atoms with Crippen molar-refractivity contribution in [1.82, 2.24) is 0 Å². The normalized spacial score (nSPS) is 13.4. The zero-order chi connectivity index (χ0) is 16.3. The molecule has 0 aliphatic carbocycles. The van der Waals surface area contributed by atoms with Crippen molar-refractivity contribution < 1.29 is 27.6 Å². The second kappa shape index (κ2) is 6.42. The SMILES string of the molecule is CC(C)C(C(=O)Nc1c(F)c(F)cc(F)c1F)/C(N)=N/O. The molecule has 1 unspecified atom stereocenters. The molecule has 0 bridgehead atoms. The van der Waals surface area contributed by atoms with E-state index >= 15 is 0 Å². The van der Waals surface area contributed by atoms with Gasteiger partial charge in [0.1, 0.15) is 11.6 Å². The van der Waals surface area contributed by atoms with Crippen molar-refractivity contribution in [3.8, 4) is 0 Å². The maximum Gasteiger partial charge on any atom is 0.235 e. The Bertz CT molecular complexity index is 564. The van der Waals surface area contributed by atoms with Crippen molar-refractivity contribution in [2.45, 2.75) is 13.8 Å². The number of amides is 1. The number of anilines is 1. The van der Waals surface area contributed by atoms with Gasteiger partial charge in [0.15, 0.2) is 29.1 Å². The fourth-order valence-corrected chi connectivity index (χ4v) is 1.72. The van der Waals surface area contributed by atoms with Crippen LogP contribution in [-0.4, -0.2) is 17.0 Å². The fraction of sp³-hybridized carbons (Fsp3) is 0.333. The molecule has 1 atom stereocenters. The standard InChI is InChI=1S/C12H13F4N3O2/c1-4(2)7(11(17)19-21)12(20)18-10-8(15)5(13)3-6(14)9(10)16/h3-4,7,21H,1-2H3,(H2,17,19)(H,18,20). The number of nitrogens with one attached hydrogen (secondary N) is 1. The van der Waals surface area contributed by atoms with E-state index in [1.165, 1.54) is 13.8 Å². The maximum absolute atomic E-state index is 13.4. The summed E-state index contributed by atoms with van der Waals surface area (Å²) in [6.45, 7) is 3.06. The lowest BCUT2D eigenvalue weighted by Crippen LogP contribution is -2.38. The first-order valence-electron chi connectivity index (χ1n) is 5.82. The Morgan fingerprint density at radius 1 is 1.24 bits per heavy atom. The summed E-state index contributed by atoms with van der Waals surface area (Å²) < 4.78 is 53.0. The highest BCUT2D eigenvalue weighted by molar-refractivity contribution is 6.08. The lowest BCUT2D eigenvalue weighted by atomic mass is 9.93. The zero-order valence-corrected chi connectivity index (χ0v) is 11.1. The number of oxime groups is 1. The van der Waals surface area contributed by atoms with E-state index in [-0.39, 0.29) is 6.07 Å². The van der Waals surface area contributed by atoms with Gasteiger partial charge in [-0.15, -0.1) is 0 Å². The second-order valence-electron chi connectivity index (χ2n) is 4.58. The van der Waals surface area contributed by atoms with Crippen LogP contribution < -0.4 is 11.1 Å². The van der Waals surface area contributed by atoms with Gasteiger partial charge in [-0.3, -0.25) is 4.79 Å². The van der Waals surface area contributed by atoms with Crippen molar-refractivity contribution in [1.29, 1.82) is 0 Å². The topological polar surface area (TPSA) is 87.7 Å². The van der Waals surface area contributed by atoms with Crippen molar-refractivity contribution >= 4 is 17.4 Å². The van der Waals surface area contributed by atoms with Crippen LogP contribution in [0.5, 0.6) is 0 Å². The molecule has 21 heavy (non-hydrogen) atoms. The highest BCUT2D eigenvalue weighted by Gasteiger charge is 2.29. The number of benzene rings is 1. The molecule has 0 saturated heterocycles. The summed E-state index contributed by atoms with van der Waals surface area (Å²) in [6.07, 6.45) is 0. The molecule has 0 saturated carbocycles. The number of hydrogen-bond acceptors (Lipinski definition) is 3. The summed E-state index contributed by atoms with van der Waals surface area (Å²) in [4.78, 5) is 11.9. The predicted octanol–water partition coefficient (Wildman–Crippen LogP) is 2.20. The molecular weight excluding hydrogens is 294 g/mol. The van der Waals surface area contributed by atoms with Gasteiger partial charge in [-0.05, 0) is 5.92 Å². The maximum atomic E-state index is 13.4. The Balaban J connectivity index is 3.19. The number of halogens is 4. The minimum atomic E-state index is -1.75. The third kappa shape index (κ3) is 3.41. The van der Waals surface area contributed by atoms with Crippen LogP contribution in [0.4, 0.5) is 23.2 Å². The molecule has 0 aliphatic rings. The van der Waals surface area contributed by atoms with E-state index in [4.69, 9.17) is 10.9 Å². The molecule has 5 nitrogen and oxygen atoms in total. The largest absolute Gasteiger partial charge is 0.409 e. The van der Waals surface area contributed by atoms with E-state index in [0.29, 0.717) is 0 Å². The molecular formula is C12H13F4N3O2. The monoisotopic (exact) mass is 307 g/mol. The number of carbonyl (C=O) groups excluding carboxylic acids is 1. The number of nitrogens with zero attached hydrogens (tertiary/aromatic N) is 1. The molecule has 0 spiro atoms. The van der Waals surface area contributed by atoms with Crippen LogP contribution in [0, 0.1) is 35.1 Å². The summed E-state index contributed by atoms with van der Waals surface area (Å²) in [7, 11) is 0. The van der Waals surface area contributed by atoms with Gasteiger partial charge in [-0.25, -0.2) is 17.6 Å². The summed E-state index contributed by atoms with van der Waals surface area (Å²) in [5.41, 5.74) is 4.04. The van der Waals surface area contributed by atoms with E-state index < -0.39 is 52.5 Å². The van der Waals surface area contributed by atoms with Gasteiger partial charge in [0.2, 0.25) is 5.91 Å². The highest BCUT2D eigenvalue weighted by Crippen LogP contribution is 2.25. The molecule has 1 rings (SSSR count).